The molecule has 0 aliphatic rings. The minimum Gasteiger partial charge on any atom is -0.493 e. The molecule has 1 aromatic heterocycles. The monoisotopic (exact) mass is 336 g/mol. The van der Waals surface area contributed by atoms with E-state index < -0.39 is 0 Å². The van der Waals surface area contributed by atoms with Gasteiger partial charge in [-0.15, -0.1) is 0 Å². The molecule has 132 valence electrons. The van der Waals surface area contributed by atoms with E-state index in [0.29, 0.717) is 5.92 Å². The first-order valence-corrected chi connectivity index (χ1v) is 9.36. The molecule has 3 heteroatoms. The van der Waals surface area contributed by atoms with Gasteiger partial charge >= 0.3 is 0 Å². The molecule has 0 spiro atoms. The first-order valence-electron chi connectivity index (χ1n) is 9.36. The lowest BCUT2D eigenvalue weighted by molar-refractivity contribution is 0.299. The maximum Gasteiger partial charge on any atom is 0.122 e. The van der Waals surface area contributed by atoms with Gasteiger partial charge < -0.3 is 9.30 Å². The summed E-state index contributed by atoms with van der Waals surface area (Å²) in [5, 5.41) is 0. The summed E-state index contributed by atoms with van der Waals surface area (Å²) in [6.45, 7) is 8.34. The molecule has 0 amide bonds. The molecule has 3 aromatic rings. The lowest BCUT2D eigenvalue weighted by Crippen LogP contribution is -2.06. The molecule has 1 heterocycles. The normalized spacial score (nSPS) is 11.4. The molecule has 0 unspecified atom stereocenters. The van der Waals surface area contributed by atoms with Crippen molar-refractivity contribution in [2.75, 3.05) is 6.61 Å². The number of benzene rings is 2. The second-order valence-corrected chi connectivity index (χ2v) is 6.77. The van der Waals surface area contributed by atoms with E-state index in [2.05, 4.69) is 67.8 Å². The van der Waals surface area contributed by atoms with Gasteiger partial charge in [-0.25, -0.2) is 4.98 Å². The summed E-state index contributed by atoms with van der Waals surface area (Å²) in [4.78, 5) is 4.74. The summed E-state index contributed by atoms with van der Waals surface area (Å²) in [5.74, 6) is 2.69. The van der Waals surface area contributed by atoms with Crippen LogP contribution in [0.5, 0.6) is 5.75 Å². The Hall–Kier alpha value is -2.29. The summed E-state index contributed by atoms with van der Waals surface area (Å²) in [6.07, 6.45) is 3.10. The van der Waals surface area contributed by atoms with E-state index in [9.17, 15) is 0 Å². The molecule has 0 bridgehead atoms. The molecule has 0 saturated heterocycles. The minimum absolute atomic E-state index is 0.487. The van der Waals surface area contributed by atoms with Gasteiger partial charge in [-0.05, 0) is 42.5 Å². The summed E-state index contributed by atoms with van der Waals surface area (Å²) in [5.41, 5.74) is 3.63. The van der Waals surface area contributed by atoms with Crippen molar-refractivity contribution < 1.29 is 4.74 Å². The molecule has 25 heavy (non-hydrogen) atoms. The fourth-order valence-electron chi connectivity index (χ4n) is 3.29. The lowest BCUT2D eigenvalue weighted by atomic mass is 10.0. The average molecular weight is 336 g/mol. The van der Waals surface area contributed by atoms with Crippen molar-refractivity contribution in [1.29, 1.82) is 0 Å². The maximum absolute atomic E-state index is 6.04. The Bertz CT molecular complexity index is 820. The number of unbranched alkanes of at least 4 members (excludes halogenated alkanes) is 1. The Morgan fingerprint density at radius 2 is 1.76 bits per heavy atom. The zero-order valence-corrected chi connectivity index (χ0v) is 15.5. The van der Waals surface area contributed by atoms with Crippen LogP contribution in [-0.2, 0) is 13.0 Å². The number of rotatable bonds is 8. The SMILES string of the molecule is CCc1nc2ccccc2n1CCCCOc1ccccc1C(C)C. The molecule has 0 N–H and O–H groups in total. The summed E-state index contributed by atoms with van der Waals surface area (Å²) < 4.78 is 8.40. The zero-order chi connectivity index (χ0) is 17.6. The molecular formula is C22H28N2O. The highest BCUT2D eigenvalue weighted by Crippen LogP contribution is 2.26. The summed E-state index contributed by atoms with van der Waals surface area (Å²) >= 11 is 0. The van der Waals surface area contributed by atoms with E-state index in [1.165, 1.54) is 16.9 Å². The smallest absolute Gasteiger partial charge is 0.122 e. The van der Waals surface area contributed by atoms with Crippen molar-refractivity contribution in [3.05, 3.63) is 59.9 Å². The molecule has 0 aliphatic carbocycles. The summed E-state index contributed by atoms with van der Waals surface area (Å²) in [7, 11) is 0. The molecule has 0 aliphatic heterocycles. The second kappa shape index (κ2) is 8.19. The standard InChI is InChI=1S/C22H28N2O/c1-4-22-23-19-12-6-7-13-20(19)24(22)15-9-10-16-25-21-14-8-5-11-18(21)17(2)3/h5-8,11-14,17H,4,9-10,15-16H2,1-3H3. The van der Waals surface area contributed by atoms with Gasteiger partial charge in [0.1, 0.15) is 11.6 Å². The van der Waals surface area contributed by atoms with Crippen LogP contribution in [0.25, 0.3) is 11.0 Å². The third kappa shape index (κ3) is 4.04. The third-order valence-corrected chi connectivity index (χ3v) is 4.62. The predicted octanol–water partition coefficient (Wildman–Crippen LogP) is 5.58. The van der Waals surface area contributed by atoms with Crippen molar-refractivity contribution in [2.45, 2.75) is 52.5 Å². The quantitative estimate of drug-likeness (QED) is 0.502. The molecule has 0 fully saturated rings. The van der Waals surface area contributed by atoms with Crippen LogP contribution in [0.2, 0.25) is 0 Å². The van der Waals surface area contributed by atoms with Gasteiger partial charge in [0.05, 0.1) is 17.6 Å². The number of hydrogen-bond donors (Lipinski definition) is 0. The molecule has 2 aromatic carbocycles. The topological polar surface area (TPSA) is 27.1 Å². The van der Waals surface area contributed by atoms with Crippen LogP contribution in [0.4, 0.5) is 0 Å². The fraction of sp³-hybridized carbons (Fsp3) is 0.409. The third-order valence-electron chi connectivity index (χ3n) is 4.62. The Morgan fingerprint density at radius 1 is 1.00 bits per heavy atom. The lowest BCUT2D eigenvalue weighted by Gasteiger charge is -2.14. The first kappa shape index (κ1) is 17.5. The number of ether oxygens (including phenoxy) is 1. The average Bonchev–Trinajstić information content (AvgIpc) is 2.99. The van der Waals surface area contributed by atoms with E-state index in [1.54, 1.807) is 0 Å². The predicted molar refractivity (Wildman–Crippen MR) is 104 cm³/mol. The van der Waals surface area contributed by atoms with Crippen LogP contribution in [-0.4, -0.2) is 16.2 Å². The van der Waals surface area contributed by atoms with Crippen LogP contribution in [0.15, 0.2) is 48.5 Å². The van der Waals surface area contributed by atoms with Crippen LogP contribution < -0.4 is 4.74 Å². The molecular weight excluding hydrogens is 308 g/mol. The Morgan fingerprint density at radius 3 is 2.56 bits per heavy atom. The Kier molecular flexibility index (Phi) is 5.75. The number of fused-ring (bicyclic) bond motifs is 1. The molecule has 0 saturated carbocycles. The zero-order valence-electron chi connectivity index (χ0n) is 15.5. The maximum atomic E-state index is 6.04. The van der Waals surface area contributed by atoms with E-state index >= 15 is 0 Å². The van der Waals surface area contributed by atoms with Crippen LogP contribution >= 0.6 is 0 Å². The van der Waals surface area contributed by atoms with Gasteiger partial charge in [-0.1, -0.05) is 51.1 Å². The number of nitrogens with zero attached hydrogens (tertiary/aromatic N) is 2. The highest BCUT2D eigenvalue weighted by molar-refractivity contribution is 5.75. The van der Waals surface area contributed by atoms with E-state index in [1.807, 2.05) is 6.07 Å². The second-order valence-electron chi connectivity index (χ2n) is 6.77. The number of aryl methyl sites for hydroxylation is 2. The van der Waals surface area contributed by atoms with Crippen molar-refractivity contribution in [2.24, 2.45) is 0 Å². The fourth-order valence-corrected chi connectivity index (χ4v) is 3.29. The van der Waals surface area contributed by atoms with Crippen molar-refractivity contribution in [3.63, 3.8) is 0 Å². The van der Waals surface area contributed by atoms with Crippen molar-refractivity contribution >= 4 is 11.0 Å². The van der Waals surface area contributed by atoms with Crippen LogP contribution in [0.3, 0.4) is 0 Å². The molecule has 3 rings (SSSR count). The Labute approximate surface area is 150 Å². The number of aromatic nitrogens is 2. The molecule has 0 atom stereocenters. The number of imidazole rings is 1. The first-order chi connectivity index (χ1) is 12.2. The number of hydrogen-bond acceptors (Lipinski definition) is 2. The minimum atomic E-state index is 0.487. The highest BCUT2D eigenvalue weighted by Gasteiger charge is 2.09. The van der Waals surface area contributed by atoms with Crippen molar-refractivity contribution in [1.82, 2.24) is 9.55 Å². The van der Waals surface area contributed by atoms with E-state index in [0.717, 1.165) is 43.7 Å². The van der Waals surface area contributed by atoms with Crippen LogP contribution in [0, 0.1) is 0 Å². The van der Waals surface area contributed by atoms with Gasteiger partial charge in [0, 0.05) is 13.0 Å². The highest BCUT2D eigenvalue weighted by atomic mass is 16.5. The molecule has 3 nitrogen and oxygen atoms in total. The number of para-hydroxylation sites is 3. The molecule has 0 radical (unpaired) electrons. The van der Waals surface area contributed by atoms with Gasteiger partial charge in [0.15, 0.2) is 0 Å². The van der Waals surface area contributed by atoms with E-state index in [4.69, 9.17) is 9.72 Å². The van der Waals surface area contributed by atoms with Gasteiger partial charge in [0.2, 0.25) is 0 Å². The van der Waals surface area contributed by atoms with Crippen molar-refractivity contribution in [3.8, 4) is 5.75 Å². The van der Waals surface area contributed by atoms with E-state index in [-0.39, 0.29) is 0 Å². The van der Waals surface area contributed by atoms with Gasteiger partial charge in [0.25, 0.3) is 0 Å². The van der Waals surface area contributed by atoms with Gasteiger partial charge in [-0.3, -0.25) is 0 Å². The Balaban J connectivity index is 1.56. The largest absolute Gasteiger partial charge is 0.493 e. The van der Waals surface area contributed by atoms with Gasteiger partial charge in [-0.2, -0.15) is 0 Å². The summed E-state index contributed by atoms with van der Waals surface area (Å²) in [6, 6.07) is 16.8. The van der Waals surface area contributed by atoms with Crippen LogP contribution in [0.1, 0.15) is 50.9 Å².